The minimum absolute atomic E-state index is 0.331. The average molecular weight is 317 g/mol. The molecule has 0 fully saturated rings. The molecule has 7 heteroatoms. The van der Waals surface area contributed by atoms with E-state index in [-0.39, 0.29) is 5.57 Å². The van der Waals surface area contributed by atoms with Gasteiger partial charge < -0.3 is 20.6 Å². The fraction of sp³-hybridized carbons (Fsp3) is 0.733. The number of rotatable bonds is 10. The molecule has 0 bridgehead atoms. The van der Waals surface area contributed by atoms with Gasteiger partial charge in [-0.05, 0) is 19.4 Å². The van der Waals surface area contributed by atoms with Crippen LogP contribution in [0.5, 0.6) is 0 Å². The predicted octanol–water partition coefficient (Wildman–Crippen LogP) is 1.09. The molecule has 2 atom stereocenters. The molecule has 0 amide bonds. The number of carbonyl (C=O) groups excluding carboxylic acids is 1. The molecule has 0 aromatic carbocycles. The lowest BCUT2D eigenvalue weighted by atomic mass is 10.0. The second kappa shape index (κ2) is 14.3. The Balaban J connectivity index is 0. The van der Waals surface area contributed by atoms with Crippen molar-refractivity contribution < 1.29 is 29.7 Å². The Kier molecular flexibility index (Phi) is 14.6. The summed E-state index contributed by atoms with van der Waals surface area (Å²) in [6.07, 6.45) is 4.21. The number of carboxylic acids is 2. The van der Waals surface area contributed by atoms with E-state index in [1.807, 2.05) is 0 Å². The Morgan fingerprint density at radius 3 is 2.09 bits per heavy atom. The molecule has 2 unspecified atom stereocenters. The van der Waals surface area contributed by atoms with Crippen LogP contribution in [0, 0.1) is 5.92 Å². The fourth-order valence-corrected chi connectivity index (χ4v) is 1.72. The lowest BCUT2D eigenvalue weighted by Crippen LogP contribution is -2.36. The Bertz CT molecular complexity index is 372. The maximum Gasteiger partial charge on any atom is 0.325 e. The first kappa shape index (κ1) is 22.6. The maximum atomic E-state index is 10.5. The highest BCUT2D eigenvalue weighted by molar-refractivity contribution is 5.85. The predicted molar refractivity (Wildman–Crippen MR) is 82.3 cm³/mol. The molecule has 7 nitrogen and oxygen atoms in total. The molecular formula is C15H27NO6. The van der Waals surface area contributed by atoms with Crippen molar-refractivity contribution in [3.8, 4) is 0 Å². The summed E-state index contributed by atoms with van der Waals surface area (Å²) >= 11 is 0. The first-order valence-corrected chi connectivity index (χ1v) is 7.34. The van der Waals surface area contributed by atoms with Crippen LogP contribution in [0.4, 0.5) is 0 Å². The number of aliphatic hydroxyl groups excluding tert-OH is 1. The van der Waals surface area contributed by atoms with Crippen LogP contribution in [0.3, 0.4) is 0 Å². The number of aliphatic hydroxyl groups is 1. The first-order valence-electron chi connectivity index (χ1n) is 7.34. The first-order chi connectivity index (χ1) is 10.4. The third-order valence-corrected chi connectivity index (χ3v) is 3.16. The van der Waals surface area contributed by atoms with Crippen molar-refractivity contribution >= 4 is 17.9 Å². The third-order valence-electron chi connectivity index (χ3n) is 3.16. The minimum atomic E-state index is -1.30. The fourth-order valence-electron chi connectivity index (χ4n) is 1.72. The van der Waals surface area contributed by atoms with E-state index in [9.17, 15) is 14.4 Å². The largest absolute Gasteiger partial charge is 0.481 e. The molecule has 0 radical (unpaired) electrons. The van der Waals surface area contributed by atoms with Crippen LogP contribution in [0.2, 0.25) is 0 Å². The highest BCUT2D eigenvalue weighted by atomic mass is 16.4. The van der Waals surface area contributed by atoms with Crippen LogP contribution in [0.15, 0.2) is 5.57 Å². The summed E-state index contributed by atoms with van der Waals surface area (Å²) in [5, 5.41) is 27.9. The smallest absolute Gasteiger partial charge is 0.325 e. The summed E-state index contributed by atoms with van der Waals surface area (Å²) in [6, 6.07) is -1.28. The van der Waals surface area contributed by atoms with E-state index in [1.165, 1.54) is 32.3 Å². The van der Waals surface area contributed by atoms with Gasteiger partial charge in [0, 0.05) is 6.61 Å². The molecule has 128 valence electrons. The van der Waals surface area contributed by atoms with Crippen molar-refractivity contribution in [1.29, 1.82) is 0 Å². The number of unbranched alkanes of at least 4 members (excludes halogenated alkanes) is 1. The summed E-state index contributed by atoms with van der Waals surface area (Å²) in [6.45, 7) is 4.69. The van der Waals surface area contributed by atoms with Gasteiger partial charge in [0.05, 0.1) is 12.0 Å². The molecular weight excluding hydrogens is 290 g/mol. The molecule has 0 aromatic heterocycles. The summed E-state index contributed by atoms with van der Waals surface area (Å²) in [4.78, 5) is 30.9. The van der Waals surface area contributed by atoms with E-state index in [1.54, 1.807) is 0 Å². The van der Waals surface area contributed by atoms with Crippen LogP contribution < -0.4 is 5.32 Å². The van der Waals surface area contributed by atoms with Gasteiger partial charge in [-0.25, -0.2) is 4.79 Å². The highest BCUT2D eigenvalue weighted by Gasteiger charge is 2.23. The number of nitrogens with one attached hydrogen (secondary N) is 1. The van der Waals surface area contributed by atoms with E-state index in [0.717, 1.165) is 6.42 Å². The van der Waals surface area contributed by atoms with Crippen molar-refractivity contribution in [2.75, 3.05) is 13.7 Å². The monoisotopic (exact) mass is 317 g/mol. The van der Waals surface area contributed by atoms with E-state index < -0.39 is 24.4 Å². The molecule has 0 aromatic rings. The van der Waals surface area contributed by atoms with Gasteiger partial charge in [-0.1, -0.05) is 33.1 Å². The molecule has 0 saturated heterocycles. The Morgan fingerprint density at radius 1 is 1.23 bits per heavy atom. The zero-order valence-corrected chi connectivity index (χ0v) is 13.5. The van der Waals surface area contributed by atoms with Crippen molar-refractivity contribution in [3.05, 3.63) is 5.57 Å². The quantitative estimate of drug-likeness (QED) is 0.444. The molecule has 0 saturated carbocycles. The van der Waals surface area contributed by atoms with E-state index >= 15 is 0 Å². The molecule has 4 N–H and O–H groups in total. The van der Waals surface area contributed by atoms with E-state index in [4.69, 9.17) is 15.3 Å². The van der Waals surface area contributed by atoms with Crippen molar-refractivity contribution in [1.82, 2.24) is 5.32 Å². The summed E-state index contributed by atoms with van der Waals surface area (Å²) in [5.41, 5.74) is -0.331. The van der Waals surface area contributed by atoms with Gasteiger partial charge >= 0.3 is 11.9 Å². The summed E-state index contributed by atoms with van der Waals surface area (Å²) in [7, 11) is 1.32. The Morgan fingerprint density at radius 2 is 1.82 bits per heavy atom. The molecule has 0 rings (SSSR count). The van der Waals surface area contributed by atoms with Gasteiger partial charge in [0.15, 0.2) is 0 Å². The molecule has 0 aliphatic rings. The second-order valence-corrected chi connectivity index (χ2v) is 4.86. The normalized spacial score (nSPS) is 12.4. The Labute approximate surface area is 131 Å². The van der Waals surface area contributed by atoms with Gasteiger partial charge in [-0.15, -0.1) is 0 Å². The van der Waals surface area contributed by atoms with Crippen LogP contribution in [-0.2, 0) is 14.4 Å². The highest BCUT2D eigenvalue weighted by Crippen LogP contribution is 2.10. The van der Waals surface area contributed by atoms with Crippen molar-refractivity contribution in [3.63, 3.8) is 0 Å². The van der Waals surface area contributed by atoms with Crippen molar-refractivity contribution in [2.24, 2.45) is 5.92 Å². The van der Waals surface area contributed by atoms with Crippen LogP contribution in [-0.4, -0.2) is 52.9 Å². The molecule has 22 heavy (non-hydrogen) atoms. The van der Waals surface area contributed by atoms with Gasteiger partial charge in [0.1, 0.15) is 12.0 Å². The summed E-state index contributed by atoms with van der Waals surface area (Å²) in [5.74, 6) is -0.699. The average Bonchev–Trinajstić information content (AvgIpc) is 2.48. The SMILES string of the molecule is CCCCC(CC)CO.CNC(C(=O)O)C(=C=O)CC(=O)O. The molecule has 0 heterocycles. The van der Waals surface area contributed by atoms with Gasteiger partial charge in [0.25, 0.3) is 0 Å². The minimum Gasteiger partial charge on any atom is -0.481 e. The number of aliphatic carboxylic acids is 2. The standard InChI is InChI=1S/C8H18O.C7H9NO5/c1-3-5-6-8(4-2)7-9;1-8-6(7(12)13)4(3-9)2-5(10)11/h8-9H,3-7H2,1-2H3;6,8H,2H2,1H3,(H,10,11)(H,12,13). The lowest BCUT2D eigenvalue weighted by Gasteiger charge is -2.09. The zero-order valence-electron chi connectivity index (χ0n) is 13.5. The van der Waals surface area contributed by atoms with E-state index in [2.05, 4.69) is 19.2 Å². The topological polar surface area (TPSA) is 124 Å². The van der Waals surface area contributed by atoms with Crippen LogP contribution in [0.25, 0.3) is 0 Å². The zero-order chi connectivity index (χ0) is 17.5. The second-order valence-electron chi connectivity index (χ2n) is 4.86. The number of likely N-dealkylation sites (N-methyl/N-ethyl adjacent to an activating group) is 1. The molecule has 0 spiro atoms. The van der Waals surface area contributed by atoms with Crippen LogP contribution in [0.1, 0.15) is 46.0 Å². The van der Waals surface area contributed by atoms with Gasteiger partial charge in [0.2, 0.25) is 0 Å². The third kappa shape index (κ3) is 11.0. The Hall–Kier alpha value is -1.69. The number of carboxylic acid groups (broad SMARTS) is 2. The number of carbonyl (C=O) groups is 2. The summed E-state index contributed by atoms with van der Waals surface area (Å²) < 4.78 is 0. The van der Waals surface area contributed by atoms with Crippen molar-refractivity contribution in [2.45, 2.75) is 52.0 Å². The number of hydrogen-bond acceptors (Lipinski definition) is 5. The maximum absolute atomic E-state index is 10.5. The molecule has 0 aliphatic heterocycles. The number of hydrogen-bond donors (Lipinski definition) is 4. The molecule has 0 aliphatic carbocycles. The van der Waals surface area contributed by atoms with Gasteiger partial charge in [-0.2, -0.15) is 0 Å². The van der Waals surface area contributed by atoms with Gasteiger partial charge in [-0.3, -0.25) is 9.59 Å². The lowest BCUT2D eigenvalue weighted by molar-refractivity contribution is -0.138. The van der Waals surface area contributed by atoms with E-state index in [0.29, 0.717) is 12.5 Å². The van der Waals surface area contributed by atoms with Crippen LogP contribution >= 0.6 is 0 Å².